The van der Waals surface area contributed by atoms with E-state index in [4.69, 9.17) is 0 Å². The minimum atomic E-state index is -0.0746. The van der Waals surface area contributed by atoms with Gasteiger partial charge in [-0.1, -0.05) is 12.5 Å². The molecular weight excluding hydrogens is 212 g/mol. The largest absolute Gasteiger partial charge is 0.299 e. The molecule has 0 heterocycles. The number of hydrogen-bond donors (Lipinski definition) is 0. The topological polar surface area (TPSA) is 34.1 Å². The van der Waals surface area contributed by atoms with Crippen molar-refractivity contribution in [1.82, 2.24) is 0 Å². The van der Waals surface area contributed by atoms with Crippen molar-refractivity contribution < 1.29 is 9.59 Å². The van der Waals surface area contributed by atoms with Crippen LogP contribution in [0.15, 0.2) is 11.1 Å². The highest BCUT2D eigenvalue weighted by molar-refractivity contribution is 5.97. The zero-order valence-electron chi connectivity index (χ0n) is 10.7. The van der Waals surface area contributed by atoms with E-state index in [1.165, 1.54) is 5.57 Å². The van der Waals surface area contributed by atoms with Gasteiger partial charge in [-0.2, -0.15) is 0 Å². The predicted molar refractivity (Wildman–Crippen MR) is 65.5 cm³/mol. The predicted octanol–water partition coefficient (Wildman–Crippen LogP) is 3.06. The Labute approximate surface area is 102 Å². The molecule has 0 N–H and O–H groups in total. The van der Waals surface area contributed by atoms with Crippen molar-refractivity contribution in [2.24, 2.45) is 17.3 Å². The zero-order valence-corrected chi connectivity index (χ0v) is 10.7. The van der Waals surface area contributed by atoms with Crippen LogP contribution in [0.25, 0.3) is 0 Å². The van der Waals surface area contributed by atoms with Crippen LogP contribution < -0.4 is 0 Å². The molecule has 0 aliphatic heterocycles. The smallest absolute Gasteiger partial charge is 0.158 e. The van der Waals surface area contributed by atoms with E-state index < -0.39 is 0 Å². The lowest BCUT2D eigenvalue weighted by Crippen LogP contribution is -2.40. The monoisotopic (exact) mass is 232 g/mol. The molecule has 0 radical (unpaired) electrons. The molecule has 92 valence electrons. The van der Waals surface area contributed by atoms with Crippen LogP contribution in [0.1, 0.15) is 52.4 Å². The van der Waals surface area contributed by atoms with Gasteiger partial charge in [0.2, 0.25) is 0 Å². The minimum absolute atomic E-state index is 0.0746. The van der Waals surface area contributed by atoms with E-state index in [0.717, 1.165) is 37.7 Å². The molecule has 3 atom stereocenters. The summed E-state index contributed by atoms with van der Waals surface area (Å²) < 4.78 is 0. The lowest BCUT2D eigenvalue weighted by Gasteiger charge is -2.44. The first-order valence-electron chi connectivity index (χ1n) is 6.80. The molecule has 0 saturated heterocycles. The van der Waals surface area contributed by atoms with Crippen LogP contribution in [-0.4, -0.2) is 11.6 Å². The van der Waals surface area contributed by atoms with E-state index in [2.05, 4.69) is 6.92 Å². The SMILES string of the molecule is CC1=C2CC[C@]3(C)C(=O)CCC3[C@@H]2CCC1=O. The molecular formula is C15H20O2. The summed E-state index contributed by atoms with van der Waals surface area (Å²) in [5, 5.41) is 0. The number of allylic oxidation sites excluding steroid dienone is 2. The summed E-state index contributed by atoms with van der Waals surface area (Å²) in [6.07, 6.45) is 5.43. The quantitative estimate of drug-likeness (QED) is 0.643. The summed E-state index contributed by atoms with van der Waals surface area (Å²) >= 11 is 0. The van der Waals surface area contributed by atoms with Gasteiger partial charge in [0, 0.05) is 18.3 Å². The van der Waals surface area contributed by atoms with E-state index in [1.54, 1.807) is 0 Å². The molecule has 2 nitrogen and oxygen atoms in total. The highest BCUT2D eigenvalue weighted by atomic mass is 16.1. The van der Waals surface area contributed by atoms with E-state index in [0.29, 0.717) is 29.8 Å². The van der Waals surface area contributed by atoms with E-state index in [1.807, 2.05) is 6.92 Å². The normalized spacial score (nSPS) is 41.5. The van der Waals surface area contributed by atoms with Crippen LogP contribution >= 0.6 is 0 Å². The summed E-state index contributed by atoms with van der Waals surface area (Å²) in [5.41, 5.74) is 2.33. The van der Waals surface area contributed by atoms with Crippen molar-refractivity contribution in [2.45, 2.75) is 52.4 Å². The van der Waals surface area contributed by atoms with Crippen LogP contribution in [0.3, 0.4) is 0 Å². The van der Waals surface area contributed by atoms with Gasteiger partial charge >= 0.3 is 0 Å². The van der Waals surface area contributed by atoms with Gasteiger partial charge < -0.3 is 0 Å². The van der Waals surface area contributed by atoms with Crippen molar-refractivity contribution in [1.29, 1.82) is 0 Å². The summed E-state index contributed by atoms with van der Waals surface area (Å²) in [6, 6.07) is 0. The summed E-state index contributed by atoms with van der Waals surface area (Å²) in [6.45, 7) is 4.15. The molecule has 1 unspecified atom stereocenters. The van der Waals surface area contributed by atoms with E-state index >= 15 is 0 Å². The fourth-order valence-corrected chi connectivity index (χ4v) is 4.38. The molecule has 0 spiro atoms. The summed E-state index contributed by atoms with van der Waals surface area (Å²) in [4.78, 5) is 23.8. The second-order valence-corrected chi connectivity index (χ2v) is 6.20. The fraction of sp³-hybridized carbons (Fsp3) is 0.733. The molecule has 3 aliphatic rings. The Balaban J connectivity index is 2.01. The lowest BCUT2D eigenvalue weighted by molar-refractivity contribution is -0.128. The first kappa shape index (κ1) is 11.2. The third-order valence-corrected chi connectivity index (χ3v) is 5.57. The molecule has 2 saturated carbocycles. The molecule has 0 bridgehead atoms. The number of ketones is 2. The molecule has 0 aromatic carbocycles. The van der Waals surface area contributed by atoms with Crippen molar-refractivity contribution in [3.63, 3.8) is 0 Å². The molecule has 0 aromatic heterocycles. The average molecular weight is 232 g/mol. The fourth-order valence-electron chi connectivity index (χ4n) is 4.38. The number of carbonyl (C=O) groups is 2. The maximum atomic E-state index is 12.1. The number of Topliss-reactive ketones (excluding diaryl/α,β-unsaturated/α-hetero) is 2. The Morgan fingerprint density at radius 3 is 2.65 bits per heavy atom. The number of carbonyl (C=O) groups excluding carboxylic acids is 2. The molecule has 0 aromatic rings. The molecule has 3 aliphatic carbocycles. The Morgan fingerprint density at radius 1 is 1.12 bits per heavy atom. The molecule has 17 heavy (non-hydrogen) atoms. The van der Waals surface area contributed by atoms with Crippen molar-refractivity contribution in [3.05, 3.63) is 11.1 Å². The van der Waals surface area contributed by atoms with Crippen molar-refractivity contribution in [2.75, 3.05) is 0 Å². The third kappa shape index (κ3) is 1.39. The van der Waals surface area contributed by atoms with Gasteiger partial charge in [0.1, 0.15) is 5.78 Å². The lowest BCUT2D eigenvalue weighted by atomic mass is 9.59. The summed E-state index contributed by atoms with van der Waals surface area (Å²) in [5.74, 6) is 1.85. The van der Waals surface area contributed by atoms with E-state index in [-0.39, 0.29) is 5.41 Å². The van der Waals surface area contributed by atoms with Crippen LogP contribution in [-0.2, 0) is 9.59 Å². The maximum Gasteiger partial charge on any atom is 0.158 e. The van der Waals surface area contributed by atoms with Gasteiger partial charge in [-0.15, -0.1) is 0 Å². The second-order valence-electron chi connectivity index (χ2n) is 6.20. The highest BCUT2D eigenvalue weighted by Gasteiger charge is 2.53. The van der Waals surface area contributed by atoms with Crippen LogP contribution in [0.5, 0.6) is 0 Å². The van der Waals surface area contributed by atoms with Crippen LogP contribution in [0, 0.1) is 17.3 Å². The van der Waals surface area contributed by atoms with Crippen molar-refractivity contribution >= 4 is 11.6 Å². The maximum absolute atomic E-state index is 12.1. The minimum Gasteiger partial charge on any atom is -0.299 e. The van der Waals surface area contributed by atoms with Gasteiger partial charge in [0.25, 0.3) is 0 Å². The zero-order chi connectivity index (χ0) is 12.2. The Morgan fingerprint density at radius 2 is 1.88 bits per heavy atom. The number of hydrogen-bond acceptors (Lipinski definition) is 2. The van der Waals surface area contributed by atoms with Gasteiger partial charge in [-0.05, 0) is 50.0 Å². The van der Waals surface area contributed by atoms with Gasteiger partial charge in [0.05, 0.1) is 0 Å². The first-order chi connectivity index (χ1) is 8.04. The highest BCUT2D eigenvalue weighted by Crippen LogP contribution is 2.56. The van der Waals surface area contributed by atoms with Crippen LogP contribution in [0.2, 0.25) is 0 Å². The number of fused-ring (bicyclic) bond motifs is 3. The Kier molecular flexibility index (Phi) is 2.33. The molecule has 2 fully saturated rings. The second kappa shape index (κ2) is 3.54. The van der Waals surface area contributed by atoms with Crippen molar-refractivity contribution in [3.8, 4) is 0 Å². The van der Waals surface area contributed by atoms with Gasteiger partial charge in [0.15, 0.2) is 5.78 Å². The van der Waals surface area contributed by atoms with E-state index in [9.17, 15) is 9.59 Å². The molecule has 3 rings (SSSR count). The Bertz CT molecular complexity index is 432. The van der Waals surface area contributed by atoms with Gasteiger partial charge in [-0.25, -0.2) is 0 Å². The Hall–Kier alpha value is -0.920. The van der Waals surface area contributed by atoms with Crippen LogP contribution in [0.4, 0.5) is 0 Å². The number of rotatable bonds is 0. The molecule has 0 amide bonds. The van der Waals surface area contributed by atoms with Gasteiger partial charge in [-0.3, -0.25) is 9.59 Å². The standard InChI is InChI=1S/C15H20O2/c1-9-10-7-8-15(2)12(4-6-14(15)17)11(10)3-5-13(9)16/h11-12H,3-8H2,1-2H3/t11-,12?,15+/m1/s1. The first-order valence-corrected chi connectivity index (χ1v) is 6.80. The average Bonchev–Trinajstić information content (AvgIpc) is 2.61. The third-order valence-electron chi connectivity index (χ3n) is 5.57. The molecule has 2 heteroatoms. The summed E-state index contributed by atoms with van der Waals surface area (Å²) in [7, 11) is 0.